The minimum absolute atomic E-state index is 0.0171. The van der Waals surface area contributed by atoms with Crippen molar-refractivity contribution < 1.29 is 17.9 Å². The summed E-state index contributed by atoms with van der Waals surface area (Å²) in [5.74, 6) is 1.14. The van der Waals surface area contributed by atoms with Gasteiger partial charge in [0.1, 0.15) is 18.1 Å². The number of halogens is 2. The highest BCUT2D eigenvalue weighted by atomic mass is 35.5. The standard InChI is InChI=1S/C18H20Cl2N2O4S/c1-22(2)11-8-13-17(25-3)7-6-16(18(13)26-10-11)21-27(23,24)12-4-5-14(19)15(20)9-12/h4-7,9,11,21H,8,10H2,1-3H3/t11-/m1/s1. The molecule has 0 saturated carbocycles. The van der Waals surface area contributed by atoms with Crippen LogP contribution in [-0.4, -0.2) is 47.2 Å². The fourth-order valence-electron chi connectivity index (χ4n) is 2.89. The molecule has 1 N–H and O–H groups in total. The maximum absolute atomic E-state index is 12.8. The molecule has 2 aromatic rings. The number of fused-ring (bicyclic) bond motifs is 1. The van der Waals surface area contributed by atoms with Crippen LogP contribution >= 0.6 is 23.2 Å². The third-order valence-corrected chi connectivity index (χ3v) is 6.58. The van der Waals surface area contributed by atoms with E-state index in [-0.39, 0.29) is 21.0 Å². The second-order valence-corrected chi connectivity index (χ2v) is 8.93. The summed E-state index contributed by atoms with van der Waals surface area (Å²) in [6.07, 6.45) is 0.688. The van der Waals surface area contributed by atoms with Gasteiger partial charge in [-0.05, 0) is 50.8 Å². The Kier molecular flexibility index (Phi) is 5.76. The summed E-state index contributed by atoms with van der Waals surface area (Å²) in [7, 11) is 1.67. The van der Waals surface area contributed by atoms with Crippen LogP contribution < -0.4 is 14.2 Å². The van der Waals surface area contributed by atoms with Crippen LogP contribution in [0.4, 0.5) is 5.69 Å². The highest BCUT2D eigenvalue weighted by Gasteiger charge is 2.28. The lowest BCUT2D eigenvalue weighted by Gasteiger charge is -2.32. The monoisotopic (exact) mass is 430 g/mol. The van der Waals surface area contributed by atoms with Crippen molar-refractivity contribution in [1.29, 1.82) is 0 Å². The van der Waals surface area contributed by atoms with Crippen molar-refractivity contribution in [2.75, 3.05) is 32.5 Å². The van der Waals surface area contributed by atoms with Crippen molar-refractivity contribution in [2.45, 2.75) is 17.4 Å². The third-order valence-electron chi connectivity index (χ3n) is 4.47. The predicted octanol–water partition coefficient (Wildman–Crippen LogP) is 3.67. The molecule has 0 spiro atoms. The highest BCUT2D eigenvalue weighted by Crippen LogP contribution is 2.40. The van der Waals surface area contributed by atoms with Crippen LogP contribution in [0.3, 0.4) is 0 Å². The van der Waals surface area contributed by atoms with Crippen LogP contribution in [-0.2, 0) is 16.4 Å². The largest absolute Gasteiger partial charge is 0.496 e. The molecular formula is C18H20Cl2N2O4S. The first kappa shape index (κ1) is 20.1. The summed E-state index contributed by atoms with van der Waals surface area (Å²) in [5, 5.41) is 0.455. The van der Waals surface area contributed by atoms with Gasteiger partial charge in [0.15, 0.2) is 0 Å². The van der Waals surface area contributed by atoms with Crippen molar-refractivity contribution in [3.63, 3.8) is 0 Å². The van der Waals surface area contributed by atoms with Crippen LogP contribution in [0.2, 0.25) is 10.0 Å². The molecule has 0 amide bonds. The zero-order valence-corrected chi connectivity index (χ0v) is 17.5. The number of anilines is 1. The van der Waals surface area contributed by atoms with Gasteiger partial charge in [-0.1, -0.05) is 23.2 Å². The first-order valence-corrected chi connectivity index (χ1v) is 10.4. The predicted molar refractivity (Wildman–Crippen MR) is 107 cm³/mol. The number of hydrogen-bond acceptors (Lipinski definition) is 5. The number of likely N-dealkylation sites (N-methyl/N-ethyl adjacent to an activating group) is 1. The van der Waals surface area contributed by atoms with Gasteiger partial charge >= 0.3 is 0 Å². The molecule has 6 nitrogen and oxygen atoms in total. The number of methoxy groups -OCH3 is 1. The van der Waals surface area contributed by atoms with Crippen molar-refractivity contribution >= 4 is 38.9 Å². The number of sulfonamides is 1. The van der Waals surface area contributed by atoms with E-state index >= 15 is 0 Å². The maximum Gasteiger partial charge on any atom is 0.262 e. The molecular weight excluding hydrogens is 411 g/mol. The first-order chi connectivity index (χ1) is 12.7. The molecule has 0 bridgehead atoms. The first-order valence-electron chi connectivity index (χ1n) is 8.20. The third kappa shape index (κ3) is 4.11. The molecule has 0 aromatic heterocycles. The van der Waals surface area contributed by atoms with E-state index < -0.39 is 10.0 Å². The van der Waals surface area contributed by atoms with E-state index in [9.17, 15) is 8.42 Å². The molecule has 146 valence electrons. The van der Waals surface area contributed by atoms with E-state index in [1.807, 2.05) is 14.1 Å². The van der Waals surface area contributed by atoms with Crippen molar-refractivity contribution in [1.82, 2.24) is 4.90 Å². The fraction of sp³-hybridized carbons (Fsp3) is 0.333. The fourth-order valence-corrected chi connectivity index (χ4v) is 4.34. The summed E-state index contributed by atoms with van der Waals surface area (Å²) in [5.41, 5.74) is 1.19. The van der Waals surface area contributed by atoms with Crippen molar-refractivity contribution in [3.05, 3.63) is 45.9 Å². The Balaban J connectivity index is 1.98. The number of ether oxygens (including phenoxy) is 2. The minimum Gasteiger partial charge on any atom is -0.496 e. The van der Waals surface area contributed by atoms with E-state index in [0.29, 0.717) is 30.2 Å². The van der Waals surface area contributed by atoms with Gasteiger partial charge in [-0.2, -0.15) is 0 Å². The van der Waals surface area contributed by atoms with Crippen LogP contribution in [0.1, 0.15) is 5.56 Å². The average molecular weight is 431 g/mol. The summed E-state index contributed by atoms with van der Waals surface area (Å²) < 4.78 is 39.5. The Labute approximate surface area is 169 Å². The van der Waals surface area contributed by atoms with Crippen LogP contribution in [0.25, 0.3) is 0 Å². The van der Waals surface area contributed by atoms with Gasteiger partial charge < -0.3 is 14.4 Å². The molecule has 0 fully saturated rings. The summed E-state index contributed by atoms with van der Waals surface area (Å²) in [6.45, 7) is 0.453. The zero-order valence-electron chi connectivity index (χ0n) is 15.1. The molecule has 3 rings (SSSR count). The maximum atomic E-state index is 12.8. The van der Waals surface area contributed by atoms with Crippen molar-refractivity contribution in [3.8, 4) is 11.5 Å². The zero-order chi connectivity index (χ0) is 19.8. The molecule has 0 unspecified atom stereocenters. The quantitative estimate of drug-likeness (QED) is 0.783. The molecule has 1 aliphatic heterocycles. The molecule has 1 aliphatic rings. The molecule has 1 atom stereocenters. The van der Waals surface area contributed by atoms with Crippen LogP contribution in [0.5, 0.6) is 11.5 Å². The topological polar surface area (TPSA) is 67.9 Å². The number of rotatable bonds is 5. The highest BCUT2D eigenvalue weighted by molar-refractivity contribution is 7.92. The Morgan fingerprint density at radius 2 is 1.93 bits per heavy atom. The Bertz CT molecular complexity index is 964. The van der Waals surface area contributed by atoms with E-state index in [0.717, 1.165) is 5.56 Å². The van der Waals surface area contributed by atoms with Gasteiger partial charge in [-0.3, -0.25) is 4.72 Å². The van der Waals surface area contributed by atoms with E-state index in [1.165, 1.54) is 18.2 Å². The Morgan fingerprint density at radius 3 is 2.56 bits per heavy atom. The van der Waals surface area contributed by atoms with Gasteiger partial charge in [-0.25, -0.2) is 8.42 Å². The van der Waals surface area contributed by atoms with E-state index in [4.69, 9.17) is 32.7 Å². The lowest BCUT2D eigenvalue weighted by molar-refractivity contribution is 0.164. The van der Waals surface area contributed by atoms with Gasteiger partial charge in [-0.15, -0.1) is 0 Å². The summed E-state index contributed by atoms with van der Waals surface area (Å²) >= 11 is 11.8. The summed E-state index contributed by atoms with van der Waals surface area (Å²) in [6, 6.07) is 7.68. The van der Waals surface area contributed by atoms with Gasteiger partial charge in [0.25, 0.3) is 10.0 Å². The van der Waals surface area contributed by atoms with E-state index in [2.05, 4.69) is 9.62 Å². The second-order valence-electron chi connectivity index (χ2n) is 6.44. The molecule has 0 saturated heterocycles. The normalized spacial score (nSPS) is 16.6. The molecule has 0 aliphatic carbocycles. The number of benzene rings is 2. The molecule has 9 heteroatoms. The minimum atomic E-state index is -3.86. The van der Waals surface area contributed by atoms with Crippen LogP contribution in [0.15, 0.2) is 35.2 Å². The molecule has 2 aromatic carbocycles. The lowest BCUT2D eigenvalue weighted by Crippen LogP contribution is -2.38. The summed E-state index contributed by atoms with van der Waals surface area (Å²) in [4.78, 5) is 2.08. The van der Waals surface area contributed by atoms with Crippen molar-refractivity contribution in [2.24, 2.45) is 0 Å². The molecule has 27 heavy (non-hydrogen) atoms. The Hall–Kier alpha value is -1.67. The smallest absolute Gasteiger partial charge is 0.262 e. The lowest BCUT2D eigenvalue weighted by atomic mass is 10.00. The van der Waals surface area contributed by atoms with Gasteiger partial charge in [0.2, 0.25) is 0 Å². The van der Waals surface area contributed by atoms with Gasteiger partial charge in [0.05, 0.1) is 27.7 Å². The van der Waals surface area contributed by atoms with E-state index in [1.54, 1.807) is 19.2 Å². The second kappa shape index (κ2) is 7.75. The number of nitrogens with one attached hydrogen (secondary N) is 1. The Morgan fingerprint density at radius 1 is 1.19 bits per heavy atom. The SMILES string of the molecule is COc1ccc(NS(=O)(=O)c2ccc(Cl)c(Cl)c2)c2c1C[C@@H](N(C)C)CO2. The molecule has 0 radical (unpaired) electrons. The average Bonchev–Trinajstić information content (AvgIpc) is 2.63. The molecule has 1 heterocycles. The number of nitrogens with zero attached hydrogens (tertiary/aromatic N) is 1. The number of hydrogen-bond donors (Lipinski definition) is 1. The van der Waals surface area contributed by atoms with Crippen LogP contribution in [0, 0.1) is 0 Å². The van der Waals surface area contributed by atoms with Gasteiger partial charge in [0, 0.05) is 11.6 Å².